The van der Waals surface area contributed by atoms with Gasteiger partial charge in [0.15, 0.2) is 5.78 Å². The number of thioether (sulfide) groups is 1. The number of hydrogen-bond acceptors (Lipinski definition) is 2. The van der Waals surface area contributed by atoms with Gasteiger partial charge in [0, 0.05) is 6.42 Å². The van der Waals surface area contributed by atoms with Gasteiger partial charge in [-0.15, -0.1) is 0 Å². The maximum absolute atomic E-state index is 12.4. The fraction of sp³-hybridized carbons (Fsp3) is 0.632. The van der Waals surface area contributed by atoms with Crippen LogP contribution in [0.4, 0.5) is 0 Å². The summed E-state index contributed by atoms with van der Waals surface area (Å²) in [6, 6.07) is 0. The van der Waals surface area contributed by atoms with Crippen molar-refractivity contribution >= 4 is 17.5 Å². The Labute approximate surface area is 134 Å². The molecule has 0 N–H and O–H groups in total. The number of Topliss-reactive ketones (excluding diaryl/α,β-unsaturated/α-hetero) is 1. The van der Waals surface area contributed by atoms with Crippen LogP contribution in [0.5, 0.6) is 0 Å². The Bertz CT molecular complexity index is 512. The van der Waals surface area contributed by atoms with Gasteiger partial charge in [0.25, 0.3) is 0 Å². The van der Waals surface area contributed by atoms with Crippen molar-refractivity contribution in [1.82, 2.24) is 0 Å². The molecule has 21 heavy (non-hydrogen) atoms. The first-order chi connectivity index (χ1) is 9.79. The van der Waals surface area contributed by atoms with Crippen molar-refractivity contribution in [2.24, 2.45) is 5.41 Å². The maximum Gasteiger partial charge on any atom is 0.159 e. The third-order valence-corrected chi connectivity index (χ3v) is 5.30. The van der Waals surface area contributed by atoms with E-state index >= 15 is 0 Å². The van der Waals surface area contributed by atoms with Gasteiger partial charge in [-0.3, -0.25) is 4.79 Å². The molecule has 0 saturated heterocycles. The van der Waals surface area contributed by atoms with Crippen molar-refractivity contribution in [3.05, 3.63) is 34.4 Å². The summed E-state index contributed by atoms with van der Waals surface area (Å²) in [7, 11) is 0. The molecule has 0 atom stereocenters. The zero-order chi connectivity index (χ0) is 15.6. The normalized spacial score (nSPS) is 18.2. The Morgan fingerprint density at radius 1 is 1.33 bits per heavy atom. The molecule has 2 aliphatic carbocycles. The van der Waals surface area contributed by atoms with Crippen molar-refractivity contribution in [3.8, 4) is 0 Å². The van der Waals surface area contributed by atoms with E-state index in [0.29, 0.717) is 17.5 Å². The summed E-state index contributed by atoms with van der Waals surface area (Å²) in [6.45, 7) is 11.2. The molecule has 0 unspecified atom stereocenters. The van der Waals surface area contributed by atoms with E-state index < -0.39 is 0 Å². The first kappa shape index (κ1) is 16.6. The lowest BCUT2D eigenvalue weighted by atomic mass is 9.83. The topological polar surface area (TPSA) is 17.1 Å². The van der Waals surface area contributed by atoms with Crippen molar-refractivity contribution in [2.75, 3.05) is 5.75 Å². The van der Waals surface area contributed by atoms with Gasteiger partial charge in [-0.2, -0.15) is 11.8 Å². The van der Waals surface area contributed by atoms with Gasteiger partial charge in [-0.05, 0) is 58.5 Å². The lowest BCUT2D eigenvalue weighted by Gasteiger charge is -2.21. The van der Waals surface area contributed by atoms with Crippen LogP contribution in [-0.4, -0.2) is 16.8 Å². The second-order valence-corrected chi connectivity index (χ2v) is 9.07. The molecular formula is C19H28OS. The molecule has 0 amide bonds. The van der Waals surface area contributed by atoms with E-state index in [9.17, 15) is 4.79 Å². The van der Waals surface area contributed by atoms with E-state index in [0.717, 1.165) is 30.6 Å². The summed E-state index contributed by atoms with van der Waals surface area (Å²) in [5, 5.41) is 0.663. The maximum atomic E-state index is 12.4. The molecule has 0 heterocycles. The highest BCUT2D eigenvalue weighted by atomic mass is 32.2. The van der Waals surface area contributed by atoms with Gasteiger partial charge < -0.3 is 0 Å². The summed E-state index contributed by atoms with van der Waals surface area (Å²) in [6.07, 6.45) is 8.17. The van der Waals surface area contributed by atoms with Gasteiger partial charge in [-0.1, -0.05) is 46.3 Å². The molecule has 0 radical (unpaired) electrons. The monoisotopic (exact) mass is 304 g/mol. The second kappa shape index (κ2) is 6.56. The average molecular weight is 304 g/mol. The first-order valence-corrected chi connectivity index (χ1v) is 9.12. The van der Waals surface area contributed by atoms with E-state index in [1.165, 1.54) is 16.7 Å². The van der Waals surface area contributed by atoms with E-state index in [1.807, 2.05) is 11.8 Å². The van der Waals surface area contributed by atoms with Crippen LogP contribution in [0.3, 0.4) is 0 Å². The van der Waals surface area contributed by atoms with Crippen LogP contribution in [0, 0.1) is 5.41 Å². The highest BCUT2D eigenvalue weighted by Gasteiger charge is 2.30. The van der Waals surface area contributed by atoms with E-state index in [-0.39, 0.29) is 5.41 Å². The minimum Gasteiger partial charge on any atom is -0.295 e. The molecule has 0 aromatic rings. The molecule has 1 nitrogen and oxygen atoms in total. The number of carbonyl (C=O) groups is 1. The van der Waals surface area contributed by atoms with Crippen molar-refractivity contribution < 1.29 is 4.79 Å². The lowest BCUT2D eigenvalue weighted by Crippen LogP contribution is -2.09. The molecule has 2 rings (SSSR count). The molecule has 0 aliphatic heterocycles. The summed E-state index contributed by atoms with van der Waals surface area (Å²) >= 11 is 1.95. The van der Waals surface area contributed by atoms with Gasteiger partial charge in [0.1, 0.15) is 0 Å². The van der Waals surface area contributed by atoms with Crippen LogP contribution in [0.25, 0.3) is 0 Å². The average Bonchev–Trinajstić information content (AvgIpc) is 2.91. The quantitative estimate of drug-likeness (QED) is 0.604. The Morgan fingerprint density at radius 3 is 2.67 bits per heavy atom. The predicted molar refractivity (Wildman–Crippen MR) is 93.7 cm³/mol. The number of allylic oxidation sites excluding steroid dienone is 6. The summed E-state index contributed by atoms with van der Waals surface area (Å²) in [5.74, 6) is 1.46. The molecule has 0 bridgehead atoms. The van der Waals surface area contributed by atoms with Crippen LogP contribution in [0.2, 0.25) is 0 Å². The van der Waals surface area contributed by atoms with Crippen LogP contribution >= 0.6 is 11.8 Å². The highest BCUT2D eigenvalue weighted by molar-refractivity contribution is 7.99. The van der Waals surface area contributed by atoms with Crippen LogP contribution in [0.1, 0.15) is 60.3 Å². The van der Waals surface area contributed by atoms with Crippen LogP contribution < -0.4 is 0 Å². The number of hydrogen-bond donors (Lipinski definition) is 0. The number of carbonyl (C=O) groups excluding carboxylic acids is 1. The fourth-order valence-corrected chi connectivity index (χ4v) is 3.82. The number of ketones is 1. The molecule has 116 valence electrons. The van der Waals surface area contributed by atoms with Gasteiger partial charge in [-0.25, -0.2) is 0 Å². The zero-order valence-corrected chi connectivity index (χ0v) is 14.9. The third kappa shape index (κ3) is 4.12. The van der Waals surface area contributed by atoms with Crippen LogP contribution in [-0.2, 0) is 4.79 Å². The third-order valence-electron chi connectivity index (χ3n) is 4.11. The molecule has 0 saturated carbocycles. The number of rotatable bonds is 6. The standard InChI is InChI=1S/C19H28OS/c1-13(2)21-10-6-7-18(20)15-11-14-8-9-17(16(14)12-15)19(3,4)5/h9,12-13H,6-8,10-11H2,1-5H3. The van der Waals surface area contributed by atoms with E-state index in [4.69, 9.17) is 0 Å². The molecule has 0 fully saturated rings. The summed E-state index contributed by atoms with van der Waals surface area (Å²) < 4.78 is 0. The fourth-order valence-electron chi connectivity index (χ4n) is 3.04. The van der Waals surface area contributed by atoms with Gasteiger partial charge >= 0.3 is 0 Å². The van der Waals surface area contributed by atoms with Gasteiger partial charge in [0.05, 0.1) is 0 Å². The van der Waals surface area contributed by atoms with Crippen molar-refractivity contribution in [2.45, 2.75) is 65.6 Å². The summed E-state index contributed by atoms with van der Waals surface area (Å²) in [4.78, 5) is 12.4. The van der Waals surface area contributed by atoms with Crippen LogP contribution in [0.15, 0.2) is 34.4 Å². The largest absolute Gasteiger partial charge is 0.295 e. The second-order valence-electron chi connectivity index (χ2n) is 7.38. The Kier molecular flexibility index (Phi) is 5.19. The molecule has 0 spiro atoms. The van der Waals surface area contributed by atoms with Crippen molar-refractivity contribution in [3.63, 3.8) is 0 Å². The van der Waals surface area contributed by atoms with Crippen molar-refractivity contribution in [1.29, 1.82) is 0 Å². The molecular weight excluding hydrogens is 276 g/mol. The highest BCUT2D eigenvalue weighted by Crippen LogP contribution is 2.45. The first-order valence-electron chi connectivity index (χ1n) is 8.07. The zero-order valence-electron chi connectivity index (χ0n) is 14.1. The minimum absolute atomic E-state index is 0.181. The minimum atomic E-state index is 0.181. The molecule has 2 heteroatoms. The Morgan fingerprint density at radius 2 is 2.05 bits per heavy atom. The van der Waals surface area contributed by atoms with E-state index in [1.54, 1.807) is 0 Å². The Hall–Kier alpha value is -0.760. The molecule has 0 aromatic heterocycles. The smallest absolute Gasteiger partial charge is 0.159 e. The molecule has 0 aromatic carbocycles. The lowest BCUT2D eigenvalue weighted by molar-refractivity contribution is -0.115. The van der Waals surface area contributed by atoms with Gasteiger partial charge in [0.2, 0.25) is 0 Å². The molecule has 2 aliphatic rings. The SMILES string of the molecule is CC(C)SCCCC(=O)C1=CC2=C(CC=C2C(C)(C)C)C1. The van der Waals surface area contributed by atoms with E-state index in [2.05, 4.69) is 46.8 Å². The summed E-state index contributed by atoms with van der Waals surface area (Å²) in [5.41, 5.74) is 5.47. The Balaban J connectivity index is 1.91. The predicted octanol–water partition coefficient (Wildman–Crippen LogP) is 5.48.